The highest BCUT2D eigenvalue weighted by Crippen LogP contribution is 2.25. The van der Waals surface area contributed by atoms with Crippen molar-refractivity contribution in [2.45, 2.75) is 45.1 Å². The van der Waals surface area contributed by atoms with Gasteiger partial charge in [0.15, 0.2) is 0 Å². The van der Waals surface area contributed by atoms with Gasteiger partial charge in [0, 0.05) is 25.7 Å². The molecule has 0 bridgehead atoms. The molecule has 0 radical (unpaired) electrons. The van der Waals surface area contributed by atoms with Crippen LogP contribution < -0.4 is 5.32 Å². The average Bonchev–Trinajstić information content (AvgIpc) is 2.71. The summed E-state index contributed by atoms with van der Waals surface area (Å²) in [6.45, 7) is 5.69. The van der Waals surface area contributed by atoms with E-state index in [1.54, 1.807) is 0 Å². The molecule has 1 atom stereocenters. The first-order chi connectivity index (χ1) is 7.76. The quantitative estimate of drug-likeness (QED) is 0.660. The molecular formula is C13H28N2O. The predicted molar refractivity (Wildman–Crippen MR) is 68.6 cm³/mol. The molecular weight excluding hydrogens is 200 g/mol. The highest BCUT2D eigenvalue weighted by molar-refractivity contribution is 4.74. The van der Waals surface area contributed by atoms with Crippen molar-refractivity contribution in [1.82, 2.24) is 10.2 Å². The summed E-state index contributed by atoms with van der Waals surface area (Å²) in [5.74, 6) is 0.918. The van der Waals surface area contributed by atoms with Gasteiger partial charge in [0.05, 0.1) is 0 Å². The van der Waals surface area contributed by atoms with Gasteiger partial charge in [0.1, 0.15) is 0 Å². The third-order valence-corrected chi connectivity index (χ3v) is 3.55. The van der Waals surface area contributed by atoms with Crippen LogP contribution in [0.25, 0.3) is 0 Å². The van der Waals surface area contributed by atoms with E-state index in [4.69, 9.17) is 5.11 Å². The number of nitrogens with one attached hydrogen (secondary N) is 1. The largest absolute Gasteiger partial charge is 0.396 e. The molecule has 1 rings (SSSR count). The number of likely N-dealkylation sites (N-methyl/N-ethyl adjacent to an activating group) is 2. The Morgan fingerprint density at radius 1 is 1.38 bits per heavy atom. The average molecular weight is 228 g/mol. The SMILES string of the molecule is CCNC(CCO)CN(C)CC1CCCC1. The molecule has 0 aliphatic heterocycles. The zero-order valence-corrected chi connectivity index (χ0v) is 10.9. The van der Waals surface area contributed by atoms with E-state index >= 15 is 0 Å². The van der Waals surface area contributed by atoms with Crippen molar-refractivity contribution in [3.63, 3.8) is 0 Å². The highest BCUT2D eigenvalue weighted by atomic mass is 16.3. The maximum atomic E-state index is 9.00. The minimum absolute atomic E-state index is 0.287. The van der Waals surface area contributed by atoms with Gasteiger partial charge in [-0.05, 0) is 38.8 Å². The van der Waals surface area contributed by atoms with Gasteiger partial charge in [-0.25, -0.2) is 0 Å². The van der Waals surface area contributed by atoms with E-state index in [0.717, 1.165) is 25.4 Å². The summed E-state index contributed by atoms with van der Waals surface area (Å²) >= 11 is 0. The molecule has 1 unspecified atom stereocenters. The summed E-state index contributed by atoms with van der Waals surface area (Å²) < 4.78 is 0. The van der Waals surface area contributed by atoms with Crippen molar-refractivity contribution in [2.75, 3.05) is 33.3 Å². The third kappa shape index (κ3) is 5.28. The summed E-state index contributed by atoms with van der Waals surface area (Å²) in [4.78, 5) is 2.43. The van der Waals surface area contributed by atoms with Crippen LogP contribution in [-0.4, -0.2) is 49.3 Å². The lowest BCUT2D eigenvalue weighted by Gasteiger charge is -2.26. The molecule has 0 aromatic heterocycles. The summed E-state index contributed by atoms with van der Waals surface area (Å²) in [5, 5.41) is 12.4. The van der Waals surface area contributed by atoms with Crippen molar-refractivity contribution in [2.24, 2.45) is 5.92 Å². The van der Waals surface area contributed by atoms with Gasteiger partial charge in [-0.2, -0.15) is 0 Å². The molecule has 1 saturated carbocycles. The van der Waals surface area contributed by atoms with Crippen molar-refractivity contribution in [3.8, 4) is 0 Å². The van der Waals surface area contributed by atoms with Crippen LogP contribution in [0.15, 0.2) is 0 Å². The van der Waals surface area contributed by atoms with E-state index in [2.05, 4.69) is 24.2 Å². The summed E-state index contributed by atoms with van der Waals surface area (Å²) in [5.41, 5.74) is 0. The normalized spacial score (nSPS) is 19.5. The fraction of sp³-hybridized carbons (Fsp3) is 1.00. The van der Waals surface area contributed by atoms with Crippen LogP contribution in [0, 0.1) is 5.92 Å². The van der Waals surface area contributed by atoms with E-state index in [1.165, 1.54) is 32.2 Å². The molecule has 16 heavy (non-hydrogen) atoms. The molecule has 2 N–H and O–H groups in total. The smallest absolute Gasteiger partial charge is 0.0446 e. The molecule has 1 aliphatic rings. The highest BCUT2D eigenvalue weighted by Gasteiger charge is 2.18. The Morgan fingerprint density at radius 2 is 2.06 bits per heavy atom. The number of aliphatic hydroxyl groups excluding tert-OH is 1. The van der Waals surface area contributed by atoms with E-state index in [0.29, 0.717) is 6.04 Å². The van der Waals surface area contributed by atoms with Gasteiger partial charge in [-0.1, -0.05) is 19.8 Å². The minimum Gasteiger partial charge on any atom is -0.396 e. The number of hydrogen-bond donors (Lipinski definition) is 2. The Hall–Kier alpha value is -0.120. The Kier molecular flexibility index (Phi) is 7.01. The predicted octanol–water partition coefficient (Wildman–Crippen LogP) is 1.47. The Bertz CT molecular complexity index is 163. The van der Waals surface area contributed by atoms with Crippen molar-refractivity contribution < 1.29 is 5.11 Å². The molecule has 0 amide bonds. The van der Waals surface area contributed by atoms with Crippen LogP contribution in [0.3, 0.4) is 0 Å². The van der Waals surface area contributed by atoms with Gasteiger partial charge in [-0.3, -0.25) is 0 Å². The van der Waals surface area contributed by atoms with Crippen molar-refractivity contribution >= 4 is 0 Å². The second-order valence-corrected chi connectivity index (χ2v) is 5.14. The second kappa shape index (κ2) is 8.04. The number of nitrogens with zero attached hydrogens (tertiary/aromatic N) is 1. The standard InChI is InChI=1S/C13H28N2O/c1-3-14-13(8-9-16)11-15(2)10-12-6-4-5-7-12/h12-14,16H,3-11H2,1-2H3. The number of aliphatic hydroxyl groups is 1. The molecule has 96 valence electrons. The molecule has 0 saturated heterocycles. The maximum absolute atomic E-state index is 9.00. The maximum Gasteiger partial charge on any atom is 0.0446 e. The van der Waals surface area contributed by atoms with Gasteiger partial charge in [0.2, 0.25) is 0 Å². The molecule has 0 heterocycles. The zero-order chi connectivity index (χ0) is 11.8. The van der Waals surface area contributed by atoms with E-state index < -0.39 is 0 Å². The van der Waals surface area contributed by atoms with E-state index in [9.17, 15) is 0 Å². The van der Waals surface area contributed by atoms with Crippen LogP contribution in [0.5, 0.6) is 0 Å². The van der Waals surface area contributed by atoms with Crippen molar-refractivity contribution in [1.29, 1.82) is 0 Å². The molecule has 0 spiro atoms. The van der Waals surface area contributed by atoms with Gasteiger partial charge in [0.25, 0.3) is 0 Å². The van der Waals surface area contributed by atoms with Crippen LogP contribution >= 0.6 is 0 Å². The van der Waals surface area contributed by atoms with Crippen LogP contribution in [0.2, 0.25) is 0 Å². The number of rotatable bonds is 8. The minimum atomic E-state index is 0.287. The Labute approximate surface area is 100 Å². The van der Waals surface area contributed by atoms with Crippen LogP contribution in [0.1, 0.15) is 39.0 Å². The Balaban J connectivity index is 2.20. The monoisotopic (exact) mass is 228 g/mol. The molecule has 0 aromatic carbocycles. The zero-order valence-electron chi connectivity index (χ0n) is 10.9. The van der Waals surface area contributed by atoms with Gasteiger partial charge >= 0.3 is 0 Å². The lowest BCUT2D eigenvalue weighted by Crippen LogP contribution is -2.41. The molecule has 1 fully saturated rings. The molecule has 3 heteroatoms. The van der Waals surface area contributed by atoms with Crippen molar-refractivity contribution in [3.05, 3.63) is 0 Å². The lowest BCUT2D eigenvalue weighted by atomic mass is 10.1. The number of hydrogen-bond acceptors (Lipinski definition) is 3. The molecule has 3 nitrogen and oxygen atoms in total. The van der Waals surface area contributed by atoms with Crippen LogP contribution in [0.4, 0.5) is 0 Å². The fourth-order valence-electron chi connectivity index (χ4n) is 2.79. The topological polar surface area (TPSA) is 35.5 Å². The molecule has 0 aromatic rings. The van der Waals surface area contributed by atoms with Gasteiger partial charge in [-0.15, -0.1) is 0 Å². The second-order valence-electron chi connectivity index (χ2n) is 5.14. The van der Waals surface area contributed by atoms with Gasteiger partial charge < -0.3 is 15.3 Å². The fourth-order valence-corrected chi connectivity index (χ4v) is 2.79. The Morgan fingerprint density at radius 3 is 2.62 bits per heavy atom. The third-order valence-electron chi connectivity index (χ3n) is 3.55. The first-order valence-electron chi connectivity index (χ1n) is 6.79. The summed E-state index contributed by atoms with van der Waals surface area (Å²) in [6, 6.07) is 0.446. The summed E-state index contributed by atoms with van der Waals surface area (Å²) in [6.07, 6.45) is 6.53. The first kappa shape index (κ1) is 13.9. The lowest BCUT2D eigenvalue weighted by molar-refractivity contribution is 0.214. The van der Waals surface area contributed by atoms with E-state index in [-0.39, 0.29) is 6.61 Å². The van der Waals surface area contributed by atoms with E-state index in [1.807, 2.05) is 0 Å². The molecule has 1 aliphatic carbocycles. The van der Waals surface area contributed by atoms with Crippen LogP contribution in [-0.2, 0) is 0 Å². The summed E-state index contributed by atoms with van der Waals surface area (Å²) in [7, 11) is 2.21. The first-order valence-corrected chi connectivity index (χ1v) is 6.79.